The third-order valence-corrected chi connectivity index (χ3v) is 1.53. The zero-order valence-electron chi connectivity index (χ0n) is 11.3. The second-order valence-electron chi connectivity index (χ2n) is 3.36. The van der Waals surface area contributed by atoms with E-state index < -0.39 is 11.9 Å². The number of amides is 1. The van der Waals surface area contributed by atoms with Crippen LogP contribution in [0.5, 0.6) is 0 Å². The Morgan fingerprint density at radius 3 is 1.70 bits per heavy atom. The van der Waals surface area contributed by atoms with Crippen molar-refractivity contribution >= 4 is 23.4 Å². The van der Waals surface area contributed by atoms with Gasteiger partial charge in [-0.3, -0.25) is 19.8 Å². The lowest BCUT2D eigenvalue weighted by molar-refractivity contribution is -0.135. The Balaban J connectivity index is 0. The largest absolute Gasteiger partial charge is 0.481 e. The summed E-state index contributed by atoms with van der Waals surface area (Å²) in [4.78, 5) is 29.0. The molecule has 5 N–H and O–H groups in total. The number of hydrogen-bond acceptors (Lipinski definition) is 4. The number of carbonyl (C=O) groups is 3. The molecular formula is C13H18N2O5. The van der Waals surface area contributed by atoms with Crippen LogP contribution in [0.4, 0.5) is 0 Å². The van der Waals surface area contributed by atoms with Gasteiger partial charge in [0.25, 0.3) is 17.8 Å². The Morgan fingerprint density at radius 2 is 1.40 bits per heavy atom. The molecule has 0 bridgehead atoms. The fraction of sp³-hybridized carbons (Fsp3) is 0.154. The predicted molar refractivity (Wildman–Crippen MR) is 74.4 cm³/mol. The number of nitrogens with one attached hydrogen (secondary N) is 1. The van der Waals surface area contributed by atoms with Crippen molar-refractivity contribution in [3.05, 3.63) is 42.5 Å². The normalized spacial score (nSPS) is 7.95. The topological polar surface area (TPSA) is 130 Å². The van der Waals surface area contributed by atoms with E-state index in [9.17, 15) is 4.79 Å². The van der Waals surface area contributed by atoms with Gasteiger partial charge in [-0.2, -0.15) is 0 Å². The van der Waals surface area contributed by atoms with Crippen LogP contribution in [0.1, 0.15) is 19.4 Å². The second kappa shape index (κ2) is 11.4. The first-order valence-electron chi connectivity index (χ1n) is 5.36. The Kier molecular flexibility index (Phi) is 11.2. The molecule has 1 aromatic rings. The molecule has 0 unspecified atom stereocenters. The number of carboxylic acid groups (broad SMARTS) is 2. The molecule has 0 aromatic heterocycles. The summed E-state index contributed by atoms with van der Waals surface area (Å²) in [5.74, 6) is 2.92. The van der Waals surface area contributed by atoms with Crippen molar-refractivity contribution in [1.82, 2.24) is 5.43 Å². The molecular weight excluding hydrogens is 264 g/mol. The molecule has 0 aliphatic rings. The highest BCUT2D eigenvalue weighted by Gasteiger charge is 2.05. The molecule has 0 aliphatic carbocycles. The Morgan fingerprint density at radius 1 is 1.05 bits per heavy atom. The van der Waals surface area contributed by atoms with Crippen molar-refractivity contribution in [1.29, 1.82) is 0 Å². The minimum absolute atomic E-state index is 0.360. The number of benzene rings is 1. The summed E-state index contributed by atoms with van der Waals surface area (Å²) < 4.78 is 0. The number of aliphatic carboxylic acids is 2. The molecule has 110 valence electrons. The number of nitrogens with two attached hydrogens (primary N) is 1. The standard InChI is InChI=1S/C9H10N2O.2C2H4O2/c1-7(9(12)11-10)8-5-3-2-4-6-8;2*1-2(3)4/h2-6H,1,10H2,(H,11,12);2*1H3,(H,3,4). The Labute approximate surface area is 116 Å². The van der Waals surface area contributed by atoms with Crippen molar-refractivity contribution in [2.45, 2.75) is 13.8 Å². The van der Waals surface area contributed by atoms with Crippen LogP contribution in [-0.4, -0.2) is 28.1 Å². The maximum absolute atomic E-state index is 11.0. The second-order valence-corrected chi connectivity index (χ2v) is 3.36. The van der Waals surface area contributed by atoms with E-state index in [0.29, 0.717) is 5.57 Å². The molecule has 1 aromatic carbocycles. The summed E-state index contributed by atoms with van der Waals surface area (Å²) in [7, 11) is 0. The maximum atomic E-state index is 11.0. The van der Waals surface area contributed by atoms with Crippen LogP contribution in [-0.2, 0) is 14.4 Å². The summed E-state index contributed by atoms with van der Waals surface area (Å²) in [6, 6.07) is 9.15. The van der Waals surface area contributed by atoms with Gasteiger partial charge in [-0.05, 0) is 5.56 Å². The fourth-order valence-corrected chi connectivity index (χ4v) is 0.858. The number of carbonyl (C=O) groups excluding carboxylic acids is 1. The van der Waals surface area contributed by atoms with E-state index in [4.69, 9.17) is 25.6 Å². The van der Waals surface area contributed by atoms with Crippen molar-refractivity contribution in [3.63, 3.8) is 0 Å². The van der Waals surface area contributed by atoms with Gasteiger partial charge >= 0.3 is 0 Å². The minimum Gasteiger partial charge on any atom is -0.481 e. The van der Waals surface area contributed by atoms with Gasteiger partial charge < -0.3 is 10.2 Å². The SMILES string of the molecule is C=C(C(=O)NN)c1ccccc1.CC(=O)O.CC(=O)O. The molecule has 7 nitrogen and oxygen atoms in total. The van der Waals surface area contributed by atoms with E-state index in [-0.39, 0.29) is 5.91 Å². The number of hydrogen-bond donors (Lipinski definition) is 4. The molecule has 0 spiro atoms. The molecule has 0 heterocycles. The van der Waals surface area contributed by atoms with Crippen LogP contribution >= 0.6 is 0 Å². The smallest absolute Gasteiger partial charge is 0.300 e. The molecule has 0 radical (unpaired) electrons. The van der Waals surface area contributed by atoms with E-state index in [1.54, 1.807) is 12.1 Å². The van der Waals surface area contributed by atoms with E-state index in [1.165, 1.54) is 0 Å². The summed E-state index contributed by atoms with van der Waals surface area (Å²) in [6.45, 7) is 5.77. The number of hydrazine groups is 1. The molecule has 20 heavy (non-hydrogen) atoms. The first-order valence-corrected chi connectivity index (χ1v) is 5.36. The van der Waals surface area contributed by atoms with Gasteiger partial charge in [0.1, 0.15) is 0 Å². The number of carboxylic acids is 2. The molecule has 0 atom stereocenters. The van der Waals surface area contributed by atoms with Crippen LogP contribution in [0.3, 0.4) is 0 Å². The Bertz CT molecular complexity index is 437. The van der Waals surface area contributed by atoms with Crippen LogP contribution < -0.4 is 11.3 Å². The summed E-state index contributed by atoms with van der Waals surface area (Å²) in [5, 5.41) is 14.8. The lowest BCUT2D eigenvalue weighted by atomic mass is 10.1. The van der Waals surface area contributed by atoms with Crippen molar-refractivity contribution < 1.29 is 24.6 Å². The number of rotatable bonds is 2. The van der Waals surface area contributed by atoms with Gasteiger partial charge in [0, 0.05) is 19.4 Å². The third kappa shape index (κ3) is 13.4. The average Bonchev–Trinajstić information content (AvgIpc) is 2.36. The van der Waals surface area contributed by atoms with Gasteiger partial charge in [0.05, 0.1) is 0 Å². The molecule has 0 aliphatic heterocycles. The van der Waals surface area contributed by atoms with Gasteiger partial charge in [-0.15, -0.1) is 0 Å². The zero-order valence-corrected chi connectivity index (χ0v) is 11.3. The van der Waals surface area contributed by atoms with Gasteiger partial charge in [0.15, 0.2) is 0 Å². The van der Waals surface area contributed by atoms with E-state index in [1.807, 2.05) is 23.6 Å². The van der Waals surface area contributed by atoms with Crippen molar-refractivity contribution in [2.75, 3.05) is 0 Å². The van der Waals surface area contributed by atoms with Crippen LogP contribution in [0.15, 0.2) is 36.9 Å². The predicted octanol–water partition coefficient (Wildman–Crippen LogP) is 0.871. The molecule has 1 rings (SSSR count). The maximum Gasteiger partial charge on any atom is 0.300 e. The average molecular weight is 282 g/mol. The minimum atomic E-state index is -0.833. The van der Waals surface area contributed by atoms with Gasteiger partial charge in [-0.25, -0.2) is 5.84 Å². The van der Waals surface area contributed by atoms with Crippen molar-refractivity contribution in [3.8, 4) is 0 Å². The fourth-order valence-electron chi connectivity index (χ4n) is 0.858. The molecule has 0 fully saturated rings. The summed E-state index contributed by atoms with van der Waals surface area (Å²) in [6.07, 6.45) is 0. The zero-order chi connectivity index (χ0) is 16.1. The highest BCUT2D eigenvalue weighted by atomic mass is 16.4. The highest BCUT2D eigenvalue weighted by Crippen LogP contribution is 2.10. The molecule has 7 heteroatoms. The summed E-state index contributed by atoms with van der Waals surface area (Å²) in [5.41, 5.74) is 3.18. The molecule has 0 saturated heterocycles. The monoisotopic (exact) mass is 282 g/mol. The van der Waals surface area contributed by atoms with Gasteiger partial charge in [0.2, 0.25) is 0 Å². The first kappa shape index (κ1) is 19.7. The highest BCUT2D eigenvalue weighted by molar-refractivity contribution is 6.18. The molecule has 1 amide bonds. The Hall–Kier alpha value is -2.67. The lowest BCUT2D eigenvalue weighted by Crippen LogP contribution is -2.30. The molecule has 0 saturated carbocycles. The third-order valence-electron chi connectivity index (χ3n) is 1.53. The quantitative estimate of drug-likeness (QED) is 0.275. The van der Waals surface area contributed by atoms with Crippen molar-refractivity contribution in [2.24, 2.45) is 5.84 Å². The summed E-state index contributed by atoms with van der Waals surface area (Å²) >= 11 is 0. The van der Waals surface area contributed by atoms with E-state index in [2.05, 4.69) is 6.58 Å². The van der Waals surface area contributed by atoms with Crippen LogP contribution in [0.25, 0.3) is 5.57 Å². The van der Waals surface area contributed by atoms with E-state index >= 15 is 0 Å². The van der Waals surface area contributed by atoms with Crippen LogP contribution in [0, 0.1) is 0 Å². The van der Waals surface area contributed by atoms with Crippen LogP contribution in [0.2, 0.25) is 0 Å². The van der Waals surface area contributed by atoms with E-state index in [0.717, 1.165) is 19.4 Å². The van der Waals surface area contributed by atoms with Gasteiger partial charge in [-0.1, -0.05) is 36.9 Å². The lowest BCUT2D eigenvalue weighted by Gasteiger charge is -2.02. The first-order chi connectivity index (χ1) is 9.22.